The van der Waals surface area contributed by atoms with Crippen LogP contribution in [0.1, 0.15) is 0 Å². The Morgan fingerprint density at radius 3 is 2.26 bits per heavy atom. The van der Waals surface area contributed by atoms with E-state index < -0.39 is 10.0 Å². The Labute approximate surface area is 112 Å². The monoisotopic (exact) mass is 277 g/mol. The molecule has 2 N–H and O–H groups in total. The van der Waals surface area contributed by atoms with Gasteiger partial charge in [0.25, 0.3) is 0 Å². The Morgan fingerprint density at radius 1 is 1.11 bits per heavy atom. The summed E-state index contributed by atoms with van der Waals surface area (Å²) in [7, 11) is -1.89. The van der Waals surface area contributed by atoms with Crippen molar-refractivity contribution in [1.29, 1.82) is 0 Å². The van der Waals surface area contributed by atoms with Crippen LogP contribution in [0.15, 0.2) is 42.5 Å². The summed E-state index contributed by atoms with van der Waals surface area (Å²) in [6, 6.07) is 13.0. The van der Waals surface area contributed by atoms with Gasteiger partial charge in [0.2, 0.25) is 10.0 Å². The molecule has 0 aliphatic heterocycles. The first kappa shape index (κ1) is 13.4. The number of rotatable bonds is 3. The number of hydrogen-bond acceptors (Lipinski definition) is 4. The molecule has 19 heavy (non-hydrogen) atoms. The number of benzene rings is 1. The van der Waals surface area contributed by atoms with Crippen molar-refractivity contribution in [3.05, 3.63) is 42.5 Å². The van der Waals surface area contributed by atoms with Crippen molar-refractivity contribution in [2.45, 2.75) is 0 Å². The molecule has 0 aliphatic rings. The standard InChI is InChI=1S/C13H15N3O2S/c1-16(19(2,17)18)12-9-8-11(15-13(12)14)10-6-4-3-5-7-10/h3-9H,1-2H3,(H2,14,15). The Bertz CT molecular complexity index is 684. The molecule has 1 aromatic heterocycles. The van der Waals surface area contributed by atoms with Crippen LogP contribution >= 0.6 is 0 Å². The summed E-state index contributed by atoms with van der Waals surface area (Å²) in [5.74, 6) is 0.189. The molecule has 0 fully saturated rings. The summed E-state index contributed by atoms with van der Waals surface area (Å²) in [6.45, 7) is 0. The zero-order chi connectivity index (χ0) is 14.0. The molecule has 0 atom stereocenters. The minimum absolute atomic E-state index is 0.189. The lowest BCUT2D eigenvalue weighted by molar-refractivity contribution is 0.600. The molecule has 0 bridgehead atoms. The van der Waals surface area contributed by atoms with Crippen LogP contribution in [0.2, 0.25) is 0 Å². The average Bonchev–Trinajstić information content (AvgIpc) is 2.38. The minimum Gasteiger partial charge on any atom is -0.382 e. The van der Waals surface area contributed by atoms with E-state index in [1.807, 2.05) is 30.3 Å². The molecule has 0 saturated heterocycles. The molecule has 5 nitrogen and oxygen atoms in total. The highest BCUT2D eigenvalue weighted by atomic mass is 32.2. The molecule has 0 saturated carbocycles. The van der Waals surface area contributed by atoms with Crippen molar-refractivity contribution in [3.8, 4) is 11.3 Å². The second-order valence-electron chi connectivity index (χ2n) is 4.20. The highest BCUT2D eigenvalue weighted by Gasteiger charge is 2.16. The van der Waals surface area contributed by atoms with Gasteiger partial charge in [0.05, 0.1) is 17.6 Å². The smallest absolute Gasteiger partial charge is 0.232 e. The fourth-order valence-corrected chi connectivity index (χ4v) is 2.19. The number of pyridine rings is 1. The van der Waals surface area contributed by atoms with E-state index in [4.69, 9.17) is 5.73 Å². The molecule has 0 amide bonds. The summed E-state index contributed by atoms with van der Waals surface area (Å²) in [5.41, 5.74) is 7.86. The van der Waals surface area contributed by atoms with Crippen molar-refractivity contribution in [1.82, 2.24) is 4.98 Å². The van der Waals surface area contributed by atoms with Crippen LogP contribution in [0.4, 0.5) is 11.5 Å². The van der Waals surface area contributed by atoms with Crippen LogP contribution in [-0.2, 0) is 10.0 Å². The number of nitrogen functional groups attached to an aromatic ring is 1. The van der Waals surface area contributed by atoms with Gasteiger partial charge < -0.3 is 5.73 Å². The third kappa shape index (κ3) is 2.85. The molecule has 100 valence electrons. The van der Waals surface area contributed by atoms with Crippen molar-refractivity contribution in [3.63, 3.8) is 0 Å². The van der Waals surface area contributed by atoms with E-state index in [1.54, 1.807) is 12.1 Å². The van der Waals surface area contributed by atoms with E-state index in [0.29, 0.717) is 11.4 Å². The summed E-state index contributed by atoms with van der Waals surface area (Å²) in [4.78, 5) is 4.25. The van der Waals surface area contributed by atoms with E-state index >= 15 is 0 Å². The number of aromatic nitrogens is 1. The van der Waals surface area contributed by atoms with Gasteiger partial charge in [0, 0.05) is 12.6 Å². The molecule has 2 rings (SSSR count). The van der Waals surface area contributed by atoms with Gasteiger partial charge in [-0.1, -0.05) is 30.3 Å². The number of nitrogens with zero attached hydrogens (tertiary/aromatic N) is 2. The zero-order valence-electron chi connectivity index (χ0n) is 10.7. The lowest BCUT2D eigenvalue weighted by atomic mass is 10.1. The highest BCUT2D eigenvalue weighted by Crippen LogP contribution is 2.26. The topological polar surface area (TPSA) is 76.3 Å². The molecule has 1 aromatic carbocycles. The maximum atomic E-state index is 11.5. The first-order valence-corrected chi connectivity index (χ1v) is 7.50. The number of hydrogen-bond donors (Lipinski definition) is 1. The molecule has 0 aliphatic carbocycles. The second kappa shape index (κ2) is 4.89. The summed E-state index contributed by atoms with van der Waals surface area (Å²) < 4.78 is 24.1. The van der Waals surface area contributed by atoms with Gasteiger partial charge in [0.15, 0.2) is 0 Å². The normalized spacial score (nSPS) is 11.3. The molecular weight excluding hydrogens is 262 g/mol. The molecule has 1 heterocycles. The number of nitrogens with two attached hydrogens (primary N) is 1. The maximum Gasteiger partial charge on any atom is 0.232 e. The van der Waals surface area contributed by atoms with Gasteiger partial charge in [0.1, 0.15) is 5.82 Å². The van der Waals surface area contributed by atoms with Gasteiger partial charge in [-0.2, -0.15) is 0 Å². The predicted octanol–water partition coefficient (Wildman–Crippen LogP) is 1.73. The first-order valence-electron chi connectivity index (χ1n) is 5.65. The summed E-state index contributed by atoms with van der Waals surface area (Å²) in [5, 5.41) is 0. The third-order valence-electron chi connectivity index (χ3n) is 2.81. The van der Waals surface area contributed by atoms with E-state index in [0.717, 1.165) is 16.1 Å². The molecule has 6 heteroatoms. The van der Waals surface area contributed by atoms with Gasteiger partial charge >= 0.3 is 0 Å². The van der Waals surface area contributed by atoms with Crippen LogP contribution in [0.5, 0.6) is 0 Å². The number of sulfonamides is 1. The van der Waals surface area contributed by atoms with E-state index in [2.05, 4.69) is 4.98 Å². The molecule has 0 spiro atoms. The average molecular weight is 277 g/mol. The number of anilines is 2. The maximum absolute atomic E-state index is 11.5. The predicted molar refractivity (Wildman–Crippen MR) is 77.3 cm³/mol. The lowest BCUT2D eigenvalue weighted by Gasteiger charge is -2.18. The lowest BCUT2D eigenvalue weighted by Crippen LogP contribution is -2.26. The van der Waals surface area contributed by atoms with Crippen molar-refractivity contribution in [2.75, 3.05) is 23.3 Å². The third-order valence-corrected chi connectivity index (χ3v) is 4.00. The zero-order valence-corrected chi connectivity index (χ0v) is 11.6. The SMILES string of the molecule is CN(c1ccc(-c2ccccc2)nc1N)S(C)(=O)=O. The molecule has 0 radical (unpaired) electrons. The Kier molecular flexibility index (Phi) is 3.44. The Balaban J connectivity index is 2.44. The van der Waals surface area contributed by atoms with E-state index in [-0.39, 0.29) is 5.82 Å². The molecule has 2 aromatic rings. The quantitative estimate of drug-likeness (QED) is 0.927. The fraction of sp³-hybridized carbons (Fsp3) is 0.154. The fourth-order valence-electron chi connectivity index (χ4n) is 1.68. The van der Waals surface area contributed by atoms with Gasteiger partial charge in [-0.05, 0) is 12.1 Å². The largest absolute Gasteiger partial charge is 0.382 e. The summed E-state index contributed by atoms with van der Waals surface area (Å²) in [6.07, 6.45) is 1.12. The first-order chi connectivity index (χ1) is 8.89. The van der Waals surface area contributed by atoms with Gasteiger partial charge in [-0.3, -0.25) is 4.31 Å². The van der Waals surface area contributed by atoms with Crippen LogP contribution < -0.4 is 10.0 Å². The summed E-state index contributed by atoms with van der Waals surface area (Å²) >= 11 is 0. The van der Waals surface area contributed by atoms with E-state index in [9.17, 15) is 8.42 Å². The van der Waals surface area contributed by atoms with Crippen LogP contribution in [0, 0.1) is 0 Å². The van der Waals surface area contributed by atoms with Gasteiger partial charge in [-0.15, -0.1) is 0 Å². The minimum atomic E-state index is -3.34. The van der Waals surface area contributed by atoms with Crippen LogP contribution in [0.3, 0.4) is 0 Å². The van der Waals surface area contributed by atoms with Crippen molar-refractivity contribution < 1.29 is 8.42 Å². The molecule has 0 unspecified atom stereocenters. The second-order valence-corrected chi connectivity index (χ2v) is 6.21. The van der Waals surface area contributed by atoms with Crippen molar-refractivity contribution >= 4 is 21.5 Å². The van der Waals surface area contributed by atoms with Crippen LogP contribution in [0.25, 0.3) is 11.3 Å². The Hall–Kier alpha value is -2.08. The van der Waals surface area contributed by atoms with Gasteiger partial charge in [-0.25, -0.2) is 13.4 Å². The van der Waals surface area contributed by atoms with Crippen LogP contribution in [-0.4, -0.2) is 26.7 Å². The van der Waals surface area contributed by atoms with E-state index in [1.165, 1.54) is 7.05 Å². The highest BCUT2D eigenvalue weighted by molar-refractivity contribution is 7.92. The van der Waals surface area contributed by atoms with Crippen molar-refractivity contribution in [2.24, 2.45) is 0 Å². The Morgan fingerprint density at radius 2 is 1.74 bits per heavy atom. The molecular formula is C13H15N3O2S.